The Morgan fingerprint density at radius 3 is 2.90 bits per heavy atom. The molecule has 0 radical (unpaired) electrons. The summed E-state index contributed by atoms with van der Waals surface area (Å²) in [7, 11) is -3.45. The number of hydrogen-bond acceptors (Lipinski definition) is 5. The van der Waals surface area contributed by atoms with Gasteiger partial charge in [0.1, 0.15) is 4.21 Å². The van der Waals surface area contributed by atoms with Gasteiger partial charge in [0.2, 0.25) is 10.0 Å². The van der Waals surface area contributed by atoms with E-state index in [1.165, 1.54) is 17.7 Å². The van der Waals surface area contributed by atoms with Crippen LogP contribution in [0.1, 0.15) is 23.9 Å². The summed E-state index contributed by atoms with van der Waals surface area (Å²) in [4.78, 5) is 7.72. The van der Waals surface area contributed by atoms with Crippen molar-refractivity contribution in [3.8, 4) is 0 Å². The standard InChI is InChI=1S/C12H18N4O2S2/c1-2-5-13-8-11-3-4-12(19-11)20(17,18)16-7-10-6-14-9-15-10/h3-4,6,9,13,16H,2,5,7-8H2,1H3,(H,14,15). The molecule has 3 N–H and O–H groups in total. The number of rotatable bonds is 8. The van der Waals surface area contributed by atoms with E-state index >= 15 is 0 Å². The van der Waals surface area contributed by atoms with Crippen molar-refractivity contribution in [2.24, 2.45) is 0 Å². The summed E-state index contributed by atoms with van der Waals surface area (Å²) >= 11 is 1.29. The fourth-order valence-corrected chi connectivity index (χ4v) is 3.99. The summed E-state index contributed by atoms with van der Waals surface area (Å²) < 4.78 is 27.1. The lowest BCUT2D eigenvalue weighted by Gasteiger charge is -2.03. The van der Waals surface area contributed by atoms with Gasteiger partial charge in [-0.25, -0.2) is 18.1 Å². The molecule has 20 heavy (non-hydrogen) atoms. The minimum atomic E-state index is -3.45. The van der Waals surface area contributed by atoms with Crippen LogP contribution in [0.15, 0.2) is 28.9 Å². The third-order valence-corrected chi connectivity index (χ3v) is 5.61. The molecule has 0 aliphatic heterocycles. The van der Waals surface area contributed by atoms with E-state index in [9.17, 15) is 8.42 Å². The highest BCUT2D eigenvalue weighted by Crippen LogP contribution is 2.21. The minimum Gasteiger partial charge on any atom is -0.347 e. The molecule has 0 bridgehead atoms. The van der Waals surface area contributed by atoms with E-state index in [0.717, 1.165) is 23.5 Å². The van der Waals surface area contributed by atoms with Crippen LogP contribution in [0.4, 0.5) is 0 Å². The second-order valence-electron chi connectivity index (χ2n) is 4.30. The van der Waals surface area contributed by atoms with E-state index in [2.05, 4.69) is 26.9 Å². The summed E-state index contributed by atoms with van der Waals surface area (Å²) in [5.41, 5.74) is 0.731. The first-order chi connectivity index (χ1) is 9.62. The summed E-state index contributed by atoms with van der Waals surface area (Å²) in [5, 5.41) is 3.25. The Morgan fingerprint density at radius 2 is 2.20 bits per heavy atom. The molecule has 0 amide bonds. The van der Waals surface area contributed by atoms with Gasteiger partial charge in [-0.1, -0.05) is 6.92 Å². The third-order valence-electron chi connectivity index (χ3n) is 2.64. The van der Waals surface area contributed by atoms with E-state index in [-0.39, 0.29) is 6.54 Å². The molecule has 6 nitrogen and oxygen atoms in total. The average molecular weight is 314 g/mol. The molecular weight excluding hydrogens is 296 g/mol. The van der Waals surface area contributed by atoms with Crippen LogP contribution >= 0.6 is 11.3 Å². The number of hydrogen-bond donors (Lipinski definition) is 3. The van der Waals surface area contributed by atoms with Gasteiger partial charge in [-0.3, -0.25) is 0 Å². The highest BCUT2D eigenvalue weighted by molar-refractivity contribution is 7.91. The third kappa shape index (κ3) is 4.14. The Balaban J connectivity index is 1.95. The van der Waals surface area contributed by atoms with Gasteiger partial charge in [0.25, 0.3) is 0 Å². The lowest BCUT2D eigenvalue weighted by atomic mass is 10.4. The molecule has 0 unspecified atom stereocenters. The molecule has 0 saturated heterocycles. The smallest absolute Gasteiger partial charge is 0.250 e. The number of thiophene rings is 1. The van der Waals surface area contributed by atoms with Gasteiger partial charge in [0.05, 0.1) is 12.9 Å². The number of aromatic amines is 1. The van der Waals surface area contributed by atoms with Gasteiger partial charge in [0, 0.05) is 23.3 Å². The normalized spacial score (nSPS) is 11.8. The molecule has 0 spiro atoms. The fourth-order valence-electron chi connectivity index (χ4n) is 1.61. The molecule has 2 aromatic heterocycles. The van der Waals surface area contributed by atoms with Crippen molar-refractivity contribution in [3.63, 3.8) is 0 Å². The van der Waals surface area contributed by atoms with E-state index in [0.29, 0.717) is 10.8 Å². The Morgan fingerprint density at radius 1 is 1.35 bits per heavy atom. The van der Waals surface area contributed by atoms with E-state index in [1.54, 1.807) is 12.3 Å². The first-order valence-electron chi connectivity index (χ1n) is 6.38. The van der Waals surface area contributed by atoms with Crippen LogP contribution in [-0.2, 0) is 23.1 Å². The molecule has 2 heterocycles. The molecule has 0 fully saturated rings. The second kappa shape index (κ2) is 6.98. The van der Waals surface area contributed by atoms with Crippen LogP contribution < -0.4 is 10.0 Å². The lowest BCUT2D eigenvalue weighted by Crippen LogP contribution is -2.22. The number of H-pyrrole nitrogens is 1. The van der Waals surface area contributed by atoms with Crippen molar-refractivity contribution < 1.29 is 8.42 Å². The van der Waals surface area contributed by atoms with Gasteiger partial charge < -0.3 is 10.3 Å². The maximum absolute atomic E-state index is 12.1. The lowest BCUT2D eigenvalue weighted by molar-refractivity contribution is 0.582. The van der Waals surface area contributed by atoms with Gasteiger partial charge in [-0.05, 0) is 25.1 Å². The topological polar surface area (TPSA) is 86.9 Å². The van der Waals surface area contributed by atoms with Crippen molar-refractivity contribution in [3.05, 3.63) is 35.2 Å². The van der Waals surface area contributed by atoms with Gasteiger partial charge >= 0.3 is 0 Å². The van der Waals surface area contributed by atoms with Crippen LogP contribution in [0.2, 0.25) is 0 Å². The molecule has 2 aromatic rings. The Labute approximate surface area is 122 Å². The SMILES string of the molecule is CCCNCc1ccc(S(=O)(=O)NCc2cnc[nH]2)s1. The summed E-state index contributed by atoms with van der Waals surface area (Å²) in [6.07, 6.45) is 4.17. The number of imidazole rings is 1. The molecule has 110 valence electrons. The maximum atomic E-state index is 12.1. The van der Waals surface area contributed by atoms with Gasteiger partial charge in [0.15, 0.2) is 0 Å². The molecule has 0 aliphatic carbocycles. The fraction of sp³-hybridized carbons (Fsp3) is 0.417. The Kier molecular flexibility index (Phi) is 5.30. The van der Waals surface area contributed by atoms with Crippen molar-refractivity contribution in [2.75, 3.05) is 6.54 Å². The largest absolute Gasteiger partial charge is 0.347 e. The first kappa shape index (κ1) is 15.2. The first-order valence-corrected chi connectivity index (χ1v) is 8.68. The highest BCUT2D eigenvalue weighted by Gasteiger charge is 2.16. The Bertz CT molecular complexity index is 620. The van der Waals surface area contributed by atoms with E-state index < -0.39 is 10.0 Å². The number of sulfonamides is 1. The molecule has 8 heteroatoms. The monoisotopic (exact) mass is 314 g/mol. The van der Waals surface area contributed by atoms with Gasteiger partial charge in [-0.15, -0.1) is 11.3 Å². The van der Waals surface area contributed by atoms with E-state index in [1.807, 2.05) is 6.07 Å². The van der Waals surface area contributed by atoms with Crippen LogP contribution in [0.3, 0.4) is 0 Å². The molecule has 0 saturated carbocycles. The molecular formula is C12H18N4O2S2. The zero-order chi connectivity index (χ0) is 14.4. The molecule has 0 aliphatic rings. The molecule has 0 aromatic carbocycles. The van der Waals surface area contributed by atoms with Gasteiger partial charge in [-0.2, -0.15) is 0 Å². The van der Waals surface area contributed by atoms with Crippen molar-refractivity contribution in [2.45, 2.75) is 30.6 Å². The quantitative estimate of drug-likeness (QED) is 0.644. The summed E-state index contributed by atoms with van der Waals surface area (Å²) in [6.45, 7) is 3.94. The highest BCUT2D eigenvalue weighted by atomic mass is 32.2. The number of nitrogens with zero attached hydrogens (tertiary/aromatic N) is 1. The summed E-state index contributed by atoms with van der Waals surface area (Å²) in [6, 6.07) is 3.49. The van der Waals surface area contributed by atoms with Crippen LogP contribution in [-0.4, -0.2) is 24.9 Å². The number of nitrogens with one attached hydrogen (secondary N) is 3. The number of aromatic nitrogens is 2. The predicted octanol–water partition coefficient (Wildman–Crippen LogP) is 1.45. The zero-order valence-corrected chi connectivity index (χ0v) is 12.9. The minimum absolute atomic E-state index is 0.212. The van der Waals surface area contributed by atoms with Crippen molar-refractivity contribution in [1.29, 1.82) is 0 Å². The molecule has 0 atom stereocenters. The zero-order valence-electron chi connectivity index (χ0n) is 11.2. The summed E-state index contributed by atoms with van der Waals surface area (Å²) in [5.74, 6) is 0. The van der Waals surface area contributed by atoms with Crippen molar-refractivity contribution in [1.82, 2.24) is 20.0 Å². The van der Waals surface area contributed by atoms with Crippen LogP contribution in [0, 0.1) is 0 Å². The van der Waals surface area contributed by atoms with Crippen molar-refractivity contribution >= 4 is 21.4 Å². The average Bonchev–Trinajstić information content (AvgIpc) is 3.08. The maximum Gasteiger partial charge on any atom is 0.250 e. The Hall–Kier alpha value is -1.22. The van der Waals surface area contributed by atoms with E-state index in [4.69, 9.17) is 0 Å². The van der Waals surface area contributed by atoms with Crippen LogP contribution in [0.5, 0.6) is 0 Å². The predicted molar refractivity (Wildman–Crippen MR) is 78.9 cm³/mol. The second-order valence-corrected chi connectivity index (χ2v) is 7.46. The molecule has 2 rings (SSSR count). The van der Waals surface area contributed by atoms with Crippen LogP contribution in [0.25, 0.3) is 0 Å².